The van der Waals surface area contributed by atoms with Crippen LogP contribution in [0.2, 0.25) is 0 Å². The first kappa shape index (κ1) is 13.8. The van der Waals surface area contributed by atoms with E-state index in [4.69, 9.17) is 5.11 Å². The highest BCUT2D eigenvalue weighted by Crippen LogP contribution is 2.26. The van der Waals surface area contributed by atoms with E-state index in [0.717, 1.165) is 29.5 Å². The molecule has 0 radical (unpaired) electrons. The van der Waals surface area contributed by atoms with Gasteiger partial charge in [-0.2, -0.15) is 0 Å². The summed E-state index contributed by atoms with van der Waals surface area (Å²) in [5, 5.41) is 10.6. The van der Waals surface area contributed by atoms with Crippen LogP contribution in [-0.2, 0) is 16.1 Å². The van der Waals surface area contributed by atoms with E-state index in [9.17, 15) is 9.59 Å². The van der Waals surface area contributed by atoms with E-state index in [0.29, 0.717) is 18.9 Å². The van der Waals surface area contributed by atoms with Gasteiger partial charge in [-0.1, -0.05) is 13.3 Å². The molecule has 0 aliphatic carbocycles. The molecular weight excluding hydrogens is 262 g/mol. The fourth-order valence-corrected chi connectivity index (χ4v) is 3.12. The van der Waals surface area contributed by atoms with E-state index in [-0.39, 0.29) is 5.91 Å². The number of nitrogens with zero attached hydrogens (tertiary/aromatic N) is 1. The van der Waals surface area contributed by atoms with Gasteiger partial charge in [0.15, 0.2) is 0 Å². The Morgan fingerprint density at radius 1 is 1.63 bits per heavy atom. The number of carboxylic acids is 1. The molecule has 5 heteroatoms. The summed E-state index contributed by atoms with van der Waals surface area (Å²) < 4.78 is 0. The van der Waals surface area contributed by atoms with Crippen LogP contribution < -0.4 is 0 Å². The van der Waals surface area contributed by atoms with Gasteiger partial charge in [-0.25, -0.2) is 4.79 Å². The number of likely N-dealkylation sites (tertiary alicyclic amines) is 1. The minimum atomic E-state index is -0.958. The Kier molecular flexibility index (Phi) is 4.37. The maximum atomic E-state index is 11.9. The molecule has 1 amide bonds. The largest absolute Gasteiger partial charge is 0.478 e. The maximum Gasteiger partial charge on any atom is 0.328 e. The van der Waals surface area contributed by atoms with E-state index in [2.05, 4.69) is 6.92 Å². The van der Waals surface area contributed by atoms with Crippen molar-refractivity contribution in [1.29, 1.82) is 0 Å². The van der Waals surface area contributed by atoms with Gasteiger partial charge in [0.05, 0.1) is 6.54 Å². The number of carbonyl (C=O) groups is 2. The second kappa shape index (κ2) is 6.02. The standard InChI is InChI=1S/C14H17NO3S/c1-2-10-7-13(16)15(8-10)9-12-11(5-6-19-12)3-4-14(17)18/h3-6,10H,2,7-9H2,1H3,(H,17,18). The number of carbonyl (C=O) groups excluding carboxylic acids is 1. The fourth-order valence-electron chi connectivity index (χ4n) is 2.24. The Bertz CT molecular complexity index is 507. The van der Waals surface area contributed by atoms with Crippen molar-refractivity contribution in [1.82, 2.24) is 4.90 Å². The molecule has 1 atom stereocenters. The Hall–Kier alpha value is -1.62. The lowest BCUT2D eigenvalue weighted by atomic mass is 10.1. The van der Waals surface area contributed by atoms with Crippen LogP contribution in [0.15, 0.2) is 17.5 Å². The van der Waals surface area contributed by atoms with Crippen molar-refractivity contribution < 1.29 is 14.7 Å². The van der Waals surface area contributed by atoms with Crippen LogP contribution in [-0.4, -0.2) is 28.4 Å². The highest BCUT2D eigenvalue weighted by molar-refractivity contribution is 7.10. The molecule has 2 rings (SSSR count). The van der Waals surface area contributed by atoms with Crippen LogP contribution in [0.3, 0.4) is 0 Å². The van der Waals surface area contributed by atoms with Crippen molar-refractivity contribution in [2.75, 3.05) is 6.54 Å². The molecule has 2 heterocycles. The Morgan fingerprint density at radius 3 is 3.05 bits per heavy atom. The number of hydrogen-bond donors (Lipinski definition) is 1. The lowest BCUT2D eigenvalue weighted by Crippen LogP contribution is -2.24. The van der Waals surface area contributed by atoms with Gasteiger partial charge in [0.2, 0.25) is 5.91 Å². The summed E-state index contributed by atoms with van der Waals surface area (Å²) >= 11 is 1.56. The molecule has 1 fully saturated rings. The molecule has 4 nitrogen and oxygen atoms in total. The summed E-state index contributed by atoms with van der Waals surface area (Å²) in [5.74, 6) is -0.292. The minimum absolute atomic E-state index is 0.202. The quantitative estimate of drug-likeness (QED) is 0.843. The first-order valence-corrected chi connectivity index (χ1v) is 7.23. The molecule has 19 heavy (non-hydrogen) atoms. The van der Waals surface area contributed by atoms with Gasteiger partial charge in [-0.3, -0.25) is 4.79 Å². The number of aliphatic carboxylic acids is 1. The summed E-state index contributed by atoms with van der Waals surface area (Å²) in [7, 11) is 0. The second-order valence-corrected chi connectivity index (χ2v) is 5.72. The van der Waals surface area contributed by atoms with Gasteiger partial charge in [0, 0.05) is 23.9 Å². The average molecular weight is 279 g/mol. The number of rotatable bonds is 5. The topological polar surface area (TPSA) is 57.6 Å². The van der Waals surface area contributed by atoms with Gasteiger partial charge < -0.3 is 10.0 Å². The third-order valence-electron chi connectivity index (χ3n) is 3.39. The molecule has 1 unspecified atom stereocenters. The average Bonchev–Trinajstić information content (AvgIpc) is 2.95. The van der Waals surface area contributed by atoms with Crippen molar-refractivity contribution in [3.63, 3.8) is 0 Å². The molecule has 1 saturated heterocycles. The van der Waals surface area contributed by atoms with Crippen molar-refractivity contribution in [3.05, 3.63) is 28.0 Å². The predicted octanol–water partition coefficient (Wildman–Crippen LogP) is 2.60. The Balaban J connectivity index is 2.06. The van der Waals surface area contributed by atoms with E-state index >= 15 is 0 Å². The van der Waals surface area contributed by atoms with Gasteiger partial charge in [0.1, 0.15) is 0 Å². The van der Waals surface area contributed by atoms with Crippen LogP contribution in [0.25, 0.3) is 6.08 Å². The van der Waals surface area contributed by atoms with E-state index < -0.39 is 5.97 Å². The molecule has 0 bridgehead atoms. The van der Waals surface area contributed by atoms with Gasteiger partial charge in [0.25, 0.3) is 0 Å². The fraction of sp³-hybridized carbons (Fsp3) is 0.429. The van der Waals surface area contributed by atoms with Crippen LogP contribution in [0.4, 0.5) is 0 Å². The summed E-state index contributed by atoms with van der Waals surface area (Å²) in [6.45, 7) is 3.51. The first-order valence-electron chi connectivity index (χ1n) is 6.35. The Labute approximate surface area is 116 Å². The summed E-state index contributed by atoms with van der Waals surface area (Å²) in [5.41, 5.74) is 0.889. The first-order chi connectivity index (χ1) is 9.10. The third kappa shape index (κ3) is 3.44. The number of hydrogen-bond acceptors (Lipinski definition) is 3. The molecule has 1 N–H and O–H groups in total. The SMILES string of the molecule is CCC1CC(=O)N(Cc2sccc2C=CC(=O)O)C1. The van der Waals surface area contributed by atoms with Crippen molar-refractivity contribution in [2.24, 2.45) is 5.92 Å². The summed E-state index contributed by atoms with van der Waals surface area (Å²) in [6, 6.07) is 1.89. The van der Waals surface area contributed by atoms with Crippen LogP contribution in [0, 0.1) is 5.92 Å². The van der Waals surface area contributed by atoms with Crippen molar-refractivity contribution in [2.45, 2.75) is 26.3 Å². The molecule has 1 aromatic rings. The Morgan fingerprint density at radius 2 is 2.42 bits per heavy atom. The molecule has 102 valence electrons. The van der Waals surface area contributed by atoms with E-state index in [1.807, 2.05) is 16.3 Å². The van der Waals surface area contributed by atoms with Gasteiger partial charge in [-0.15, -0.1) is 11.3 Å². The molecule has 0 saturated carbocycles. The third-order valence-corrected chi connectivity index (χ3v) is 4.31. The van der Waals surface area contributed by atoms with Crippen LogP contribution >= 0.6 is 11.3 Å². The van der Waals surface area contributed by atoms with Crippen LogP contribution in [0.1, 0.15) is 30.2 Å². The molecule has 1 aliphatic rings. The normalized spacial score (nSPS) is 19.5. The maximum absolute atomic E-state index is 11.9. The molecular formula is C14H17NO3S. The number of thiophene rings is 1. The molecule has 0 aromatic carbocycles. The molecule has 1 aliphatic heterocycles. The number of carboxylic acid groups (broad SMARTS) is 1. The van der Waals surface area contributed by atoms with Gasteiger partial charge in [-0.05, 0) is 29.0 Å². The summed E-state index contributed by atoms with van der Waals surface area (Å²) in [6.07, 6.45) is 4.39. The molecule has 0 spiro atoms. The van der Waals surface area contributed by atoms with Crippen molar-refractivity contribution in [3.8, 4) is 0 Å². The highest BCUT2D eigenvalue weighted by atomic mass is 32.1. The highest BCUT2D eigenvalue weighted by Gasteiger charge is 2.28. The molecule has 1 aromatic heterocycles. The van der Waals surface area contributed by atoms with E-state index in [1.165, 1.54) is 0 Å². The van der Waals surface area contributed by atoms with Gasteiger partial charge >= 0.3 is 5.97 Å². The smallest absolute Gasteiger partial charge is 0.328 e. The second-order valence-electron chi connectivity index (χ2n) is 4.72. The zero-order valence-electron chi connectivity index (χ0n) is 10.8. The monoisotopic (exact) mass is 279 g/mol. The van der Waals surface area contributed by atoms with Crippen molar-refractivity contribution >= 4 is 29.3 Å². The number of amides is 1. The van der Waals surface area contributed by atoms with Crippen LogP contribution in [0.5, 0.6) is 0 Å². The zero-order chi connectivity index (χ0) is 13.8. The van der Waals surface area contributed by atoms with E-state index in [1.54, 1.807) is 17.4 Å². The summed E-state index contributed by atoms with van der Waals surface area (Å²) in [4.78, 5) is 25.3. The lowest BCUT2D eigenvalue weighted by Gasteiger charge is -2.16. The lowest BCUT2D eigenvalue weighted by molar-refractivity contribution is -0.131. The predicted molar refractivity (Wildman–Crippen MR) is 74.8 cm³/mol. The minimum Gasteiger partial charge on any atom is -0.478 e. The zero-order valence-corrected chi connectivity index (χ0v) is 11.7.